The third kappa shape index (κ3) is 2.62. The maximum Gasteiger partial charge on any atom is 0.172 e. The van der Waals surface area contributed by atoms with E-state index >= 15 is 0 Å². The van der Waals surface area contributed by atoms with Gasteiger partial charge in [0.25, 0.3) is 0 Å². The van der Waals surface area contributed by atoms with Gasteiger partial charge in [0.05, 0.1) is 11.0 Å². The van der Waals surface area contributed by atoms with Gasteiger partial charge in [0.2, 0.25) is 0 Å². The third-order valence-corrected chi connectivity index (χ3v) is 3.77. The third-order valence-electron chi connectivity index (χ3n) is 2.82. The molecular weight excluding hydrogens is 256 g/mol. The number of H-pyrrole nitrogens is 1. The lowest BCUT2D eigenvalue weighted by atomic mass is 10.2. The first kappa shape index (κ1) is 12.2. The molecule has 3 N–H and O–H groups in total. The van der Waals surface area contributed by atoms with Crippen LogP contribution in [0.2, 0.25) is 0 Å². The summed E-state index contributed by atoms with van der Waals surface area (Å²) >= 11 is 1.55. The number of nitrogens with zero attached hydrogens (tertiary/aromatic N) is 2. The van der Waals surface area contributed by atoms with Gasteiger partial charge >= 0.3 is 0 Å². The molecule has 2 heterocycles. The Morgan fingerprint density at radius 2 is 2.05 bits per heavy atom. The highest BCUT2D eigenvalue weighted by molar-refractivity contribution is 7.99. The Hall–Kier alpha value is -1.85. The van der Waals surface area contributed by atoms with Crippen molar-refractivity contribution in [3.05, 3.63) is 48.2 Å². The standard InChI is InChI=1S/C14H14N4S/c15-8-7-10-4-3-9-16-13(10)19-14-17-11-5-1-2-6-12(11)18-14/h1-6,9H,7-8,15H2,(H,17,18). The summed E-state index contributed by atoms with van der Waals surface area (Å²) in [6.07, 6.45) is 2.63. The van der Waals surface area contributed by atoms with Crippen molar-refractivity contribution in [2.24, 2.45) is 5.73 Å². The second-order valence-electron chi connectivity index (χ2n) is 4.17. The van der Waals surface area contributed by atoms with Crippen LogP contribution in [0.5, 0.6) is 0 Å². The van der Waals surface area contributed by atoms with Crippen molar-refractivity contribution < 1.29 is 0 Å². The first-order valence-electron chi connectivity index (χ1n) is 6.13. The predicted octanol–water partition coefficient (Wildman–Crippen LogP) is 2.61. The predicted molar refractivity (Wildman–Crippen MR) is 77.2 cm³/mol. The van der Waals surface area contributed by atoms with Crippen LogP contribution in [-0.2, 0) is 6.42 Å². The number of para-hydroxylation sites is 2. The van der Waals surface area contributed by atoms with Gasteiger partial charge in [0.15, 0.2) is 5.16 Å². The Bertz CT molecular complexity index is 659. The van der Waals surface area contributed by atoms with Crippen LogP contribution in [-0.4, -0.2) is 21.5 Å². The van der Waals surface area contributed by atoms with Crippen LogP contribution in [0, 0.1) is 0 Å². The summed E-state index contributed by atoms with van der Waals surface area (Å²) in [6, 6.07) is 12.0. The number of imidazole rings is 1. The maximum atomic E-state index is 5.62. The Labute approximate surface area is 115 Å². The van der Waals surface area contributed by atoms with Crippen molar-refractivity contribution in [3.8, 4) is 0 Å². The summed E-state index contributed by atoms with van der Waals surface area (Å²) in [5, 5.41) is 1.82. The number of aromatic amines is 1. The minimum absolute atomic E-state index is 0.624. The fraction of sp³-hybridized carbons (Fsp3) is 0.143. The van der Waals surface area contributed by atoms with Crippen LogP contribution in [0.1, 0.15) is 5.56 Å². The molecule has 0 saturated carbocycles. The molecule has 0 fully saturated rings. The number of pyridine rings is 1. The molecule has 2 aromatic heterocycles. The molecule has 19 heavy (non-hydrogen) atoms. The van der Waals surface area contributed by atoms with Crippen LogP contribution in [0.25, 0.3) is 11.0 Å². The Morgan fingerprint density at radius 1 is 1.16 bits per heavy atom. The van der Waals surface area contributed by atoms with Crippen LogP contribution >= 0.6 is 11.8 Å². The van der Waals surface area contributed by atoms with E-state index in [0.29, 0.717) is 6.54 Å². The molecule has 5 heteroatoms. The van der Waals surface area contributed by atoms with Gasteiger partial charge in [0, 0.05) is 6.20 Å². The van der Waals surface area contributed by atoms with Crippen molar-refractivity contribution in [2.75, 3.05) is 6.54 Å². The minimum Gasteiger partial charge on any atom is -0.333 e. The van der Waals surface area contributed by atoms with Gasteiger partial charge in [0.1, 0.15) is 5.03 Å². The minimum atomic E-state index is 0.624. The molecule has 0 aliphatic carbocycles. The van der Waals surface area contributed by atoms with Gasteiger partial charge in [-0.05, 0) is 48.5 Å². The highest BCUT2D eigenvalue weighted by Gasteiger charge is 2.08. The zero-order valence-corrected chi connectivity index (χ0v) is 11.2. The second-order valence-corrected chi connectivity index (χ2v) is 5.15. The topological polar surface area (TPSA) is 67.6 Å². The monoisotopic (exact) mass is 270 g/mol. The Morgan fingerprint density at radius 3 is 2.89 bits per heavy atom. The quantitative estimate of drug-likeness (QED) is 0.764. The Balaban J connectivity index is 1.92. The summed E-state index contributed by atoms with van der Waals surface area (Å²) in [6.45, 7) is 0.624. The van der Waals surface area contributed by atoms with Gasteiger partial charge in [-0.3, -0.25) is 0 Å². The maximum absolute atomic E-state index is 5.62. The van der Waals surface area contributed by atoms with Crippen molar-refractivity contribution in [1.29, 1.82) is 0 Å². The van der Waals surface area contributed by atoms with Crippen molar-refractivity contribution in [3.63, 3.8) is 0 Å². The number of nitrogens with one attached hydrogen (secondary N) is 1. The average molecular weight is 270 g/mol. The van der Waals surface area contributed by atoms with Crippen molar-refractivity contribution in [1.82, 2.24) is 15.0 Å². The number of aromatic nitrogens is 3. The van der Waals surface area contributed by atoms with Crippen LogP contribution in [0.15, 0.2) is 52.8 Å². The molecule has 0 bridgehead atoms. The number of benzene rings is 1. The summed E-state index contributed by atoms with van der Waals surface area (Å²) in [5.41, 5.74) is 8.80. The largest absolute Gasteiger partial charge is 0.333 e. The summed E-state index contributed by atoms with van der Waals surface area (Å²) in [7, 11) is 0. The van der Waals surface area contributed by atoms with E-state index in [1.54, 1.807) is 18.0 Å². The zero-order chi connectivity index (χ0) is 13.1. The highest BCUT2D eigenvalue weighted by Crippen LogP contribution is 2.28. The molecule has 3 rings (SSSR count). The summed E-state index contributed by atoms with van der Waals surface area (Å²) in [4.78, 5) is 12.2. The molecule has 4 nitrogen and oxygen atoms in total. The lowest BCUT2D eigenvalue weighted by Gasteiger charge is -2.04. The smallest absolute Gasteiger partial charge is 0.172 e. The van der Waals surface area contributed by atoms with Crippen LogP contribution < -0.4 is 5.73 Å². The Kier molecular flexibility index (Phi) is 3.48. The number of nitrogens with two attached hydrogens (primary N) is 1. The molecular formula is C14H14N4S. The van der Waals surface area contributed by atoms with Gasteiger partial charge in [-0.15, -0.1) is 0 Å². The number of rotatable bonds is 4. The molecule has 0 saturated heterocycles. The van der Waals surface area contributed by atoms with Crippen LogP contribution in [0.3, 0.4) is 0 Å². The van der Waals surface area contributed by atoms with Gasteiger partial charge < -0.3 is 10.7 Å². The lowest BCUT2D eigenvalue weighted by Crippen LogP contribution is -2.04. The first-order chi connectivity index (χ1) is 9.36. The highest BCUT2D eigenvalue weighted by atomic mass is 32.2. The molecule has 3 aromatic rings. The second kappa shape index (κ2) is 5.42. The molecule has 0 radical (unpaired) electrons. The molecule has 0 aliphatic rings. The molecule has 96 valence electrons. The van der Waals surface area contributed by atoms with E-state index in [-0.39, 0.29) is 0 Å². The molecule has 0 atom stereocenters. The first-order valence-corrected chi connectivity index (χ1v) is 6.95. The fourth-order valence-electron chi connectivity index (χ4n) is 1.93. The van der Waals surface area contributed by atoms with E-state index in [4.69, 9.17) is 5.73 Å². The van der Waals surface area contributed by atoms with E-state index in [2.05, 4.69) is 21.0 Å². The van der Waals surface area contributed by atoms with Crippen molar-refractivity contribution in [2.45, 2.75) is 16.6 Å². The summed E-state index contributed by atoms with van der Waals surface area (Å²) in [5.74, 6) is 0. The van der Waals surface area contributed by atoms with E-state index < -0.39 is 0 Å². The summed E-state index contributed by atoms with van der Waals surface area (Å²) < 4.78 is 0. The average Bonchev–Trinajstić information content (AvgIpc) is 2.83. The lowest BCUT2D eigenvalue weighted by molar-refractivity contribution is 0.908. The molecule has 0 unspecified atom stereocenters. The molecule has 1 aromatic carbocycles. The normalized spacial score (nSPS) is 11.0. The number of fused-ring (bicyclic) bond motifs is 1. The number of hydrogen-bond acceptors (Lipinski definition) is 4. The molecule has 0 aliphatic heterocycles. The molecule has 0 amide bonds. The zero-order valence-electron chi connectivity index (χ0n) is 10.3. The molecule has 0 spiro atoms. The van der Waals surface area contributed by atoms with E-state index in [1.165, 1.54) is 0 Å². The fourth-order valence-corrected chi connectivity index (χ4v) is 2.83. The van der Waals surface area contributed by atoms with E-state index in [9.17, 15) is 0 Å². The van der Waals surface area contributed by atoms with E-state index in [0.717, 1.165) is 33.2 Å². The van der Waals surface area contributed by atoms with Gasteiger partial charge in [-0.25, -0.2) is 9.97 Å². The van der Waals surface area contributed by atoms with E-state index in [1.807, 2.05) is 30.3 Å². The number of hydrogen-bond donors (Lipinski definition) is 2. The van der Waals surface area contributed by atoms with Crippen LogP contribution in [0.4, 0.5) is 0 Å². The van der Waals surface area contributed by atoms with Crippen molar-refractivity contribution >= 4 is 22.8 Å². The van der Waals surface area contributed by atoms with Gasteiger partial charge in [-0.1, -0.05) is 18.2 Å². The van der Waals surface area contributed by atoms with Gasteiger partial charge in [-0.2, -0.15) is 0 Å². The SMILES string of the molecule is NCCc1cccnc1Sc1nc2ccccc2[nH]1.